The molecule has 1 aliphatic heterocycles. The number of thiocarbonyl (C=S) groups is 1. The van der Waals surface area contributed by atoms with Crippen LogP contribution in [0.15, 0.2) is 24.3 Å². The Morgan fingerprint density at radius 1 is 1.29 bits per heavy atom. The molecule has 10 nitrogen and oxygen atoms in total. The van der Waals surface area contributed by atoms with E-state index in [0.29, 0.717) is 10.6 Å². The van der Waals surface area contributed by atoms with Crippen LogP contribution in [0.25, 0.3) is 0 Å². The van der Waals surface area contributed by atoms with Gasteiger partial charge in [-0.1, -0.05) is 24.3 Å². The number of aliphatic hydroxyl groups excluding tert-OH is 1. The molecular weight excluding hydrogens is 412 g/mol. The van der Waals surface area contributed by atoms with Crippen LogP contribution >= 0.6 is 12.2 Å². The van der Waals surface area contributed by atoms with E-state index < -0.39 is 34.0 Å². The van der Waals surface area contributed by atoms with Crippen molar-refractivity contribution in [2.75, 3.05) is 12.3 Å². The normalized spacial score (nSPS) is 16.7. The van der Waals surface area contributed by atoms with E-state index in [-0.39, 0.29) is 37.6 Å². The SMILES string of the molecule is O=C(Cc1ccc(COC(=S)NCCS(=O)(=O)O)cc1)ON1C(=O)CCC1O. The van der Waals surface area contributed by atoms with Gasteiger partial charge in [-0.2, -0.15) is 8.42 Å². The van der Waals surface area contributed by atoms with Crippen molar-refractivity contribution in [3.63, 3.8) is 0 Å². The number of ether oxygens (including phenoxy) is 1. The zero-order valence-electron chi connectivity index (χ0n) is 14.7. The predicted molar refractivity (Wildman–Crippen MR) is 100 cm³/mol. The monoisotopic (exact) mass is 432 g/mol. The van der Waals surface area contributed by atoms with Crippen LogP contribution in [0.3, 0.4) is 0 Å². The van der Waals surface area contributed by atoms with Gasteiger partial charge in [0.15, 0.2) is 6.23 Å². The number of nitrogens with one attached hydrogen (secondary N) is 1. The van der Waals surface area contributed by atoms with Crippen molar-refractivity contribution in [1.82, 2.24) is 10.4 Å². The van der Waals surface area contributed by atoms with Crippen molar-refractivity contribution in [1.29, 1.82) is 0 Å². The molecule has 0 spiro atoms. The van der Waals surface area contributed by atoms with E-state index in [1.807, 2.05) is 0 Å². The molecule has 2 rings (SSSR count). The first-order valence-corrected chi connectivity index (χ1v) is 10.3. The lowest BCUT2D eigenvalue weighted by molar-refractivity contribution is -0.220. The Kier molecular flexibility index (Phi) is 7.69. The fourth-order valence-corrected chi connectivity index (χ4v) is 2.82. The standard InChI is InChI=1S/C16H20N2O8S2/c19-13-5-6-14(20)18(13)26-15(21)9-11-1-3-12(4-2-11)10-25-16(27)17-7-8-28(22,23)24/h1-4,13,19H,5-10H2,(H,17,27)(H,22,23,24). The number of benzene rings is 1. The molecule has 1 heterocycles. The first-order chi connectivity index (χ1) is 13.1. The van der Waals surface area contributed by atoms with Crippen LogP contribution in [0.5, 0.6) is 0 Å². The van der Waals surface area contributed by atoms with Gasteiger partial charge in [0, 0.05) is 19.4 Å². The van der Waals surface area contributed by atoms with Crippen molar-refractivity contribution < 1.29 is 37.2 Å². The second-order valence-corrected chi connectivity index (χ2v) is 7.93. The highest BCUT2D eigenvalue weighted by atomic mass is 32.2. The first kappa shape index (κ1) is 22.0. The molecule has 1 saturated heterocycles. The van der Waals surface area contributed by atoms with Crippen molar-refractivity contribution in [2.45, 2.75) is 32.1 Å². The van der Waals surface area contributed by atoms with Gasteiger partial charge in [-0.15, -0.1) is 5.06 Å². The molecule has 1 aromatic rings. The summed E-state index contributed by atoms with van der Waals surface area (Å²) in [5.74, 6) is -1.58. The highest BCUT2D eigenvalue weighted by molar-refractivity contribution is 7.85. The van der Waals surface area contributed by atoms with Crippen molar-refractivity contribution >= 4 is 39.4 Å². The van der Waals surface area contributed by atoms with E-state index in [1.54, 1.807) is 24.3 Å². The highest BCUT2D eigenvalue weighted by Gasteiger charge is 2.32. The number of amides is 1. The predicted octanol–water partition coefficient (Wildman–Crippen LogP) is -0.0930. The summed E-state index contributed by atoms with van der Waals surface area (Å²) in [5.41, 5.74) is 1.39. The van der Waals surface area contributed by atoms with Crippen LogP contribution in [0, 0.1) is 0 Å². The fraction of sp³-hybridized carbons (Fsp3) is 0.438. The fourth-order valence-electron chi connectivity index (χ4n) is 2.30. The number of hydrogen-bond donors (Lipinski definition) is 3. The Bertz CT molecular complexity index is 826. The zero-order valence-corrected chi connectivity index (χ0v) is 16.4. The summed E-state index contributed by atoms with van der Waals surface area (Å²) < 4.78 is 35.1. The van der Waals surface area contributed by atoms with E-state index >= 15 is 0 Å². The molecular formula is C16H20N2O8S2. The summed E-state index contributed by atoms with van der Waals surface area (Å²) in [4.78, 5) is 28.3. The molecule has 28 heavy (non-hydrogen) atoms. The van der Waals surface area contributed by atoms with Gasteiger partial charge in [0.25, 0.3) is 21.2 Å². The largest absolute Gasteiger partial charge is 0.466 e. The van der Waals surface area contributed by atoms with Crippen LogP contribution in [0.1, 0.15) is 24.0 Å². The smallest absolute Gasteiger partial charge is 0.337 e. The van der Waals surface area contributed by atoms with Gasteiger partial charge >= 0.3 is 5.97 Å². The average molecular weight is 432 g/mol. The summed E-state index contributed by atoms with van der Waals surface area (Å²) in [6.45, 7) is 0.0455. The second kappa shape index (κ2) is 9.78. The Morgan fingerprint density at radius 3 is 2.50 bits per heavy atom. The van der Waals surface area contributed by atoms with Crippen LogP contribution < -0.4 is 5.32 Å². The van der Waals surface area contributed by atoms with Gasteiger partial charge in [0.1, 0.15) is 6.61 Å². The van der Waals surface area contributed by atoms with E-state index in [2.05, 4.69) is 5.32 Å². The average Bonchev–Trinajstić information content (AvgIpc) is 2.92. The maximum atomic E-state index is 11.9. The topological polar surface area (TPSA) is 142 Å². The summed E-state index contributed by atoms with van der Waals surface area (Å²) >= 11 is 4.89. The van der Waals surface area contributed by atoms with E-state index in [9.17, 15) is 23.1 Å². The molecule has 1 atom stereocenters. The second-order valence-electron chi connectivity index (χ2n) is 5.98. The molecule has 1 unspecified atom stereocenters. The lowest BCUT2D eigenvalue weighted by atomic mass is 10.1. The number of carbonyl (C=O) groups excluding carboxylic acids is 2. The van der Waals surface area contributed by atoms with Crippen molar-refractivity contribution in [3.05, 3.63) is 35.4 Å². The molecule has 12 heteroatoms. The number of hydrogen-bond acceptors (Lipinski definition) is 8. The van der Waals surface area contributed by atoms with Crippen LogP contribution in [0.2, 0.25) is 0 Å². The maximum Gasteiger partial charge on any atom is 0.337 e. The highest BCUT2D eigenvalue weighted by Crippen LogP contribution is 2.17. The number of aliphatic hydroxyl groups is 1. The zero-order chi connectivity index (χ0) is 20.7. The minimum atomic E-state index is -4.07. The Balaban J connectivity index is 1.74. The number of hydroxylamine groups is 2. The molecule has 1 fully saturated rings. The summed E-state index contributed by atoms with van der Waals surface area (Å²) in [5, 5.41) is 12.8. The molecule has 1 amide bonds. The first-order valence-electron chi connectivity index (χ1n) is 8.28. The molecule has 1 aliphatic rings. The summed E-state index contributed by atoms with van der Waals surface area (Å²) in [7, 11) is -4.07. The Morgan fingerprint density at radius 2 is 1.93 bits per heavy atom. The van der Waals surface area contributed by atoms with Crippen molar-refractivity contribution in [2.24, 2.45) is 0 Å². The van der Waals surface area contributed by atoms with Crippen LogP contribution in [-0.2, 0) is 42.3 Å². The number of carbonyl (C=O) groups is 2. The molecule has 0 saturated carbocycles. The summed E-state index contributed by atoms with van der Waals surface area (Å²) in [6.07, 6.45) is -0.818. The minimum absolute atomic E-state index is 0.00913. The quantitative estimate of drug-likeness (QED) is 0.377. The van der Waals surface area contributed by atoms with Crippen LogP contribution in [0.4, 0.5) is 0 Å². The lowest BCUT2D eigenvalue weighted by Crippen LogP contribution is -2.35. The third-order valence-corrected chi connectivity index (χ3v) is 4.69. The molecule has 0 bridgehead atoms. The van der Waals surface area contributed by atoms with E-state index in [4.69, 9.17) is 26.3 Å². The maximum absolute atomic E-state index is 11.9. The van der Waals surface area contributed by atoms with Gasteiger partial charge < -0.3 is 20.0 Å². The van der Waals surface area contributed by atoms with Gasteiger partial charge in [0.05, 0.1) is 12.2 Å². The molecule has 0 aliphatic carbocycles. The molecule has 0 radical (unpaired) electrons. The van der Waals surface area contributed by atoms with Crippen molar-refractivity contribution in [3.8, 4) is 0 Å². The van der Waals surface area contributed by atoms with Gasteiger partial charge in [-0.3, -0.25) is 9.35 Å². The van der Waals surface area contributed by atoms with E-state index in [1.165, 1.54) is 0 Å². The Labute approximate surface area is 167 Å². The van der Waals surface area contributed by atoms with Gasteiger partial charge in [-0.25, -0.2) is 4.79 Å². The van der Waals surface area contributed by atoms with Gasteiger partial charge in [0.2, 0.25) is 0 Å². The van der Waals surface area contributed by atoms with E-state index in [0.717, 1.165) is 5.56 Å². The lowest BCUT2D eigenvalue weighted by Gasteiger charge is -2.18. The minimum Gasteiger partial charge on any atom is -0.466 e. The number of rotatable bonds is 8. The third-order valence-electron chi connectivity index (χ3n) is 3.70. The molecule has 1 aromatic carbocycles. The number of nitrogens with zero attached hydrogens (tertiary/aromatic N) is 1. The molecule has 154 valence electrons. The third kappa shape index (κ3) is 7.38. The van der Waals surface area contributed by atoms with Gasteiger partial charge in [-0.05, 0) is 23.3 Å². The van der Waals surface area contributed by atoms with Crippen LogP contribution in [-0.4, -0.2) is 58.7 Å². The Hall–Kier alpha value is -2.28. The molecule has 3 N–H and O–H groups in total. The summed E-state index contributed by atoms with van der Waals surface area (Å²) in [6, 6.07) is 6.77. The molecule has 0 aromatic heterocycles.